The molecule has 64 heavy (non-hydrogen) atoms. The van der Waals surface area contributed by atoms with Crippen LogP contribution < -0.4 is 22.8 Å². The average molecular weight is 864 g/mol. The van der Waals surface area contributed by atoms with Crippen LogP contribution in [-0.2, 0) is 22.4 Å². The summed E-state index contributed by atoms with van der Waals surface area (Å²) in [5.74, 6) is 61.8. The second-order valence-corrected chi connectivity index (χ2v) is 12.1. The van der Waals surface area contributed by atoms with Crippen LogP contribution in [-0.4, -0.2) is 45.2 Å². The molecule has 2 aromatic carbocycles. The number of ketones is 1. The number of carbonyl (C=O) groups excluding carboxylic acids is 2. The summed E-state index contributed by atoms with van der Waals surface area (Å²) in [7, 11) is 0. The van der Waals surface area contributed by atoms with Crippen molar-refractivity contribution in [2.45, 2.75) is 57.5 Å². The smallest absolute Gasteiger partial charge is 0.240 e. The van der Waals surface area contributed by atoms with Gasteiger partial charge in [-0.2, -0.15) is 0 Å². The maximum absolute atomic E-state index is 13.0. The third-order valence-corrected chi connectivity index (χ3v) is 7.96. The number of Topliss-reactive ketones (excluding diaryl/α,β-unsaturated/α-hetero) is 1. The van der Waals surface area contributed by atoms with Crippen LogP contribution in [0.25, 0.3) is 10.8 Å². The zero-order valence-electron chi connectivity index (χ0n) is 34.6. The molecule has 1 aliphatic heterocycles. The number of anilines is 1. The molecule has 0 aliphatic carbocycles. The molecule has 7 N–H and O–H groups in total. The number of benzene rings is 2. The van der Waals surface area contributed by atoms with E-state index in [2.05, 4.69) is 164 Å². The highest BCUT2D eigenvalue weighted by molar-refractivity contribution is 5.92. The second kappa shape index (κ2) is 32.0. The third-order valence-electron chi connectivity index (χ3n) is 7.96. The number of terminal acetylenes is 1. The Morgan fingerprint density at radius 2 is 1.39 bits per heavy atom. The molecular weight excluding hydrogens is 803 g/mol. The van der Waals surface area contributed by atoms with E-state index in [1.165, 1.54) is 5.53 Å². The molecule has 2 heterocycles. The lowest BCUT2D eigenvalue weighted by molar-refractivity contribution is -0.546. The maximum Gasteiger partial charge on any atom is 0.240 e. The van der Waals surface area contributed by atoms with E-state index in [9.17, 15) is 19.7 Å². The van der Waals surface area contributed by atoms with E-state index in [1.54, 1.807) is 18.0 Å². The van der Waals surface area contributed by atoms with Crippen LogP contribution in [0.4, 0.5) is 5.82 Å². The fraction of sp³-hybridized carbons (Fsp3) is 0.196. The van der Waals surface area contributed by atoms with Crippen molar-refractivity contribution in [2.75, 3.05) is 12.3 Å². The third kappa shape index (κ3) is 21.7. The van der Waals surface area contributed by atoms with E-state index in [-0.39, 0.29) is 34.9 Å². The average Bonchev–Trinajstić information content (AvgIpc) is 3.81. The van der Waals surface area contributed by atoms with Gasteiger partial charge in [-0.15, -0.1) is 6.42 Å². The van der Waals surface area contributed by atoms with Crippen LogP contribution >= 0.6 is 0 Å². The van der Waals surface area contributed by atoms with Gasteiger partial charge in [-0.1, -0.05) is 54.5 Å². The van der Waals surface area contributed by atoms with Crippen molar-refractivity contribution >= 4 is 28.3 Å². The Morgan fingerprint density at radius 1 is 0.844 bits per heavy atom. The highest BCUT2D eigenvalue weighted by Gasteiger charge is 2.35. The molecule has 0 bridgehead atoms. The summed E-state index contributed by atoms with van der Waals surface area (Å²) in [6.07, 6.45) is 10.5. The van der Waals surface area contributed by atoms with Crippen molar-refractivity contribution in [1.29, 1.82) is 0 Å². The molecular formula is C51H61N9O4. The van der Waals surface area contributed by atoms with E-state index in [0.29, 0.717) is 31.6 Å². The number of nitrogens with zero attached hydrogens (tertiary/aromatic N) is 5. The first-order chi connectivity index (χ1) is 31.2. The zero-order chi connectivity index (χ0) is 46.5. The molecule has 0 radical (unpaired) electrons. The summed E-state index contributed by atoms with van der Waals surface area (Å²) >= 11 is 0. The van der Waals surface area contributed by atoms with E-state index >= 15 is 0 Å². The lowest BCUT2D eigenvalue weighted by Crippen LogP contribution is -2.48. The predicted molar refractivity (Wildman–Crippen MR) is 272 cm³/mol. The molecule has 0 unspecified atom stereocenters. The zero-order valence-corrected chi connectivity index (χ0v) is 34.6. The Hall–Kier alpha value is -9.93. The highest BCUT2D eigenvalue weighted by atomic mass is 16.7. The molecule has 13 heteroatoms. The molecule has 4 rings (SSSR count). The van der Waals surface area contributed by atoms with Crippen LogP contribution in [0.1, 0.15) is 60.9 Å². The van der Waals surface area contributed by atoms with Gasteiger partial charge >= 0.3 is 0 Å². The largest absolute Gasteiger partial charge is 0.383 e. The number of carbonyl (C=O) groups is 2. The summed E-state index contributed by atoms with van der Waals surface area (Å²) < 4.78 is 0. The number of nitrogen functional groups attached to an aromatic ring is 1. The summed E-state index contributed by atoms with van der Waals surface area (Å²) in [6.45, 7) is 2.30. The topological polar surface area (TPSA) is 208 Å². The van der Waals surface area contributed by atoms with Crippen LogP contribution in [0.15, 0.2) is 71.2 Å². The summed E-state index contributed by atoms with van der Waals surface area (Å²) in [6, 6.07) is 17.0. The SMILES string of the molecule is C#CC#CC#CC#CC#CC#CC#CC#CC#CC#CC#CC#CC.NN=NN[N+](=O)[O-].Nc1nccc2cc(CCC(=O)[C@@H]3CCCN3C(=O)[C@H](N)CCc3ccccc3)ccc12.[HH].[HH].[HH].[HH].[HH].[HH].[HH].[HH].[HH].[HH].[HH].[HH]. The molecule has 1 saturated heterocycles. The number of rotatable bonds is 10. The Balaban J connectivity index is -0.0000000977. The molecule has 0 saturated carbocycles. The molecule has 1 aliphatic rings. The number of nitrogens with two attached hydrogens (primary N) is 3. The van der Waals surface area contributed by atoms with Gasteiger partial charge in [0.1, 0.15) is 5.82 Å². The number of fused-ring (bicyclic) bond motifs is 1. The number of hydrogen-bond acceptors (Lipinski definition) is 9. The number of hydrogen-bond donors (Lipinski definition) is 4. The summed E-state index contributed by atoms with van der Waals surface area (Å²) in [5.41, 5.74) is 15.7. The number of aromatic nitrogens is 1. The molecule has 13 nitrogen and oxygen atoms in total. The van der Waals surface area contributed by atoms with Gasteiger partial charge in [0.2, 0.25) is 5.91 Å². The number of aryl methyl sites for hydroxylation is 2. The van der Waals surface area contributed by atoms with E-state index in [0.717, 1.165) is 41.2 Å². The van der Waals surface area contributed by atoms with E-state index in [1.807, 2.05) is 48.5 Å². The van der Waals surface area contributed by atoms with Gasteiger partial charge in [-0.05, 0) is 156 Å². The van der Waals surface area contributed by atoms with E-state index < -0.39 is 11.1 Å². The minimum atomic E-state index is -0.879. The van der Waals surface area contributed by atoms with Crippen LogP contribution in [0.3, 0.4) is 0 Å². The predicted octanol–water partition coefficient (Wildman–Crippen LogP) is 5.91. The number of nitro groups is 1. The minimum Gasteiger partial charge on any atom is -0.383 e. The van der Waals surface area contributed by atoms with Crippen molar-refractivity contribution in [2.24, 2.45) is 22.0 Å². The van der Waals surface area contributed by atoms with Gasteiger partial charge in [0, 0.05) is 82.7 Å². The van der Waals surface area contributed by atoms with Gasteiger partial charge in [-0.25, -0.2) is 4.98 Å². The quantitative estimate of drug-likeness (QED) is 0.0628. The van der Waals surface area contributed by atoms with Gasteiger partial charge in [0.25, 0.3) is 0 Å². The van der Waals surface area contributed by atoms with Gasteiger partial charge < -0.3 is 26.5 Å². The number of likely N-dealkylation sites (tertiary alicyclic amines) is 1. The Labute approximate surface area is 391 Å². The van der Waals surface area contributed by atoms with Crippen LogP contribution in [0.5, 0.6) is 0 Å². The van der Waals surface area contributed by atoms with Crippen molar-refractivity contribution < 1.29 is 31.7 Å². The molecule has 1 fully saturated rings. The molecule has 0 spiro atoms. The minimum absolute atomic E-state index is 0. The van der Waals surface area contributed by atoms with Gasteiger partial charge in [0.05, 0.1) is 22.3 Å². The van der Waals surface area contributed by atoms with Crippen LogP contribution in [0, 0.1) is 153 Å². The molecule has 334 valence electrons. The van der Waals surface area contributed by atoms with Crippen molar-refractivity contribution in [1.82, 2.24) is 15.4 Å². The van der Waals surface area contributed by atoms with Crippen molar-refractivity contribution in [3.63, 3.8) is 0 Å². The first-order valence-electron chi connectivity index (χ1n) is 18.8. The summed E-state index contributed by atoms with van der Waals surface area (Å²) in [5, 5.41) is 15.5. The molecule has 3 aromatic rings. The maximum atomic E-state index is 13.0. The second-order valence-electron chi connectivity index (χ2n) is 12.1. The van der Waals surface area contributed by atoms with Crippen molar-refractivity contribution in [3.05, 3.63) is 82.0 Å². The molecule has 1 amide bonds. The fourth-order valence-corrected chi connectivity index (χ4v) is 5.26. The van der Waals surface area contributed by atoms with Crippen molar-refractivity contribution in [3.8, 4) is 143 Å². The number of nitrogens with one attached hydrogen (secondary N) is 1. The first kappa shape index (κ1) is 50.2. The lowest BCUT2D eigenvalue weighted by Gasteiger charge is -2.26. The number of hydrazine groups is 1. The van der Waals surface area contributed by atoms with Crippen LogP contribution in [0.2, 0.25) is 0 Å². The Kier molecular flexibility index (Phi) is 25.1. The first-order valence-corrected chi connectivity index (χ1v) is 18.8. The van der Waals surface area contributed by atoms with Gasteiger partial charge in [0.15, 0.2) is 11.0 Å². The Bertz CT molecular complexity index is 3020. The number of pyridine rings is 1. The monoisotopic (exact) mass is 863 g/mol. The fourth-order valence-electron chi connectivity index (χ4n) is 5.26. The highest BCUT2D eigenvalue weighted by Crippen LogP contribution is 2.24. The van der Waals surface area contributed by atoms with Gasteiger partial charge in [-0.3, -0.25) is 15.4 Å². The molecule has 2 atom stereocenters. The normalized spacial score (nSPS) is 11.0. The lowest BCUT2D eigenvalue weighted by atomic mass is 9.99. The number of amides is 1. The molecule has 1 aromatic heterocycles. The standard InChI is InChI=1S/C26H30N4O2.C25H4.H3N5O2.12H2/c27-22(12-9-18-5-2-1-3-6-18)26(32)30-16-4-7-23(30)24(31)13-10-19-8-11-21-20(17-19)14-15-29-25(21)28;1-3-5-7-9-11-13-15-17-19-21-23-25-24-22-20-18-16-14-12-10-8-6-4-2;1-2-3-4-5(6)7;;;;;;;;;;;;/h1-3,5-6,8,11,14-15,17,22-23H,4,7,9-10,12-13,16,27H2,(H2,28,29);1H,2H3;(H2,1,3)(H,2,4);12*1H/t22-,23+;;;;;;;;;;;;;;/m1............../s1. The van der Waals surface area contributed by atoms with E-state index in [4.69, 9.17) is 17.9 Å². The summed E-state index contributed by atoms with van der Waals surface area (Å²) in [4.78, 5) is 41.0. The Morgan fingerprint density at radius 3 is 1.89 bits per heavy atom.